The highest BCUT2D eigenvalue weighted by Crippen LogP contribution is 2.12. The molecule has 0 N–H and O–H groups in total. The van der Waals surface area contributed by atoms with Gasteiger partial charge in [0.05, 0.1) is 6.33 Å². The number of hydrogen-bond donors (Lipinski definition) is 0. The summed E-state index contributed by atoms with van der Waals surface area (Å²) in [6, 6.07) is 6.07. The maximum Gasteiger partial charge on any atom is 0.135 e. The Bertz CT molecular complexity index is 502. The first-order valence-electron chi connectivity index (χ1n) is 4.93. The van der Waals surface area contributed by atoms with E-state index >= 15 is 0 Å². The van der Waals surface area contributed by atoms with E-state index in [0.29, 0.717) is 6.42 Å². The summed E-state index contributed by atoms with van der Waals surface area (Å²) in [5, 5.41) is 0. The molecule has 0 atom stereocenters. The summed E-state index contributed by atoms with van der Waals surface area (Å²) in [4.78, 5) is 15.0. The first kappa shape index (κ1) is 10.5. The summed E-state index contributed by atoms with van der Waals surface area (Å²) in [6.45, 7) is 1.53. The van der Waals surface area contributed by atoms with E-state index < -0.39 is 0 Å². The Morgan fingerprint density at radius 1 is 1.38 bits per heavy atom. The molecule has 3 nitrogen and oxygen atoms in total. The van der Waals surface area contributed by atoms with E-state index in [1.54, 1.807) is 29.2 Å². The summed E-state index contributed by atoms with van der Waals surface area (Å²) in [6.07, 6.45) is 3.59. The zero-order valence-corrected chi connectivity index (χ0v) is 8.85. The van der Waals surface area contributed by atoms with Crippen LogP contribution in [0.3, 0.4) is 0 Å². The number of benzene rings is 1. The molecule has 1 heterocycles. The number of hydrogen-bond acceptors (Lipinski definition) is 2. The van der Waals surface area contributed by atoms with Crippen LogP contribution in [0.15, 0.2) is 36.8 Å². The molecule has 0 amide bonds. The molecular weight excluding hydrogens is 207 g/mol. The Morgan fingerprint density at radius 2 is 2.06 bits per heavy atom. The van der Waals surface area contributed by atoms with Crippen molar-refractivity contribution < 1.29 is 9.18 Å². The minimum atomic E-state index is -0.281. The zero-order chi connectivity index (χ0) is 11.5. The Morgan fingerprint density at radius 3 is 2.69 bits per heavy atom. The van der Waals surface area contributed by atoms with Crippen molar-refractivity contribution in [2.45, 2.75) is 13.3 Å². The minimum Gasteiger partial charge on any atom is -0.303 e. The maximum absolute atomic E-state index is 12.8. The second kappa shape index (κ2) is 4.26. The second-order valence-electron chi connectivity index (χ2n) is 3.61. The number of nitrogens with zero attached hydrogens (tertiary/aromatic N) is 2. The van der Waals surface area contributed by atoms with Gasteiger partial charge in [-0.15, -0.1) is 0 Å². The predicted octanol–water partition coefficient (Wildman–Crippen LogP) is 2.14. The molecule has 0 saturated carbocycles. The van der Waals surface area contributed by atoms with E-state index in [1.807, 2.05) is 0 Å². The van der Waals surface area contributed by atoms with Crippen LogP contribution in [0.2, 0.25) is 0 Å². The Balaban J connectivity index is 2.36. The number of Topliss-reactive ketones (excluding diaryl/α,β-unsaturated/α-hetero) is 1. The van der Waals surface area contributed by atoms with Gasteiger partial charge in [0.15, 0.2) is 0 Å². The summed E-state index contributed by atoms with van der Waals surface area (Å²) >= 11 is 0. The molecule has 0 bridgehead atoms. The van der Waals surface area contributed by atoms with Crippen LogP contribution in [-0.4, -0.2) is 15.3 Å². The molecular formula is C12H11FN2O. The fourth-order valence-corrected chi connectivity index (χ4v) is 1.54. The number of aromatic nitrogens is 2. The van der Waals surface area contributed by atoms with Crippen molar-refractivity contribution in [2.24, 2.45) is 0 Å². The third kappa shape index (κ3) is 2.16. The van der Waals surface area contributed by atoms with Gasteiger partial charge in [-0.05, 0) is 31.2 Å². The third-order valence-electron chi connectivity index (χ3n) is 2.25. The van der Waals surface area contributed by atoms with E-state index in [1.165, 1.54) is 19.1 Å². The van der Waals surface area contributed by atoms with Crippen LogP contribution >= 0.6 is 0 Å². The van der Waals surface area contributed by atoms with Crippen LogP contribution in [0.5, 0.6) is 0 Å². The number of halogens is 1. The molecule has 4 heteroatoms. The van der Waals surface area contributed by atoms with E-state index in [9.17, 15) is 9.18 Å². The van der Waals surface area contributed by atoms with E-state index in [0.717, 1.165) is 11.4 Å². The van der Waals surface area contributed by atoms with Crippen molar-refractivity contribution in [3.8, 4) is 5.69 Å². The lowest BCUT2D eigenvalue weighted by atomic mass is 10.2. The molecule has 0 radical (unpaired) electrons. The van der Waals surface area contributed by atoms with Gasteiger partial charge in [-0.25, -0.2) is 9.37 Å². The average molecular weight is 218 g/mol. The standard InChI is InChI=1S/C12H11FN2O/c1-9(16)6-12-7-14-8-15(12)11-4-2-10(13)3-5-11/h2-5,7-8H,6H2,1H3. The Hall–Kier alpha value is -1.97. The number of imidazole rings is 1. The van der Waals surface area contributed by atoms with Crippen molar-refractivity contribution >= 4 is 5.78 Å². The molecule has 1 aromatic heterocycles. The van der Waals surface area contributed by atoms with Gasteiger partial charge in [0, 0.05) is 24.0 Å². The topological polar surface area (TPSA) is 34.9 Å². The van der Waals surface area contributed by atoms with Crippen molar-refractivity contribution in [1.29, 1.82) is 0 Å². The van der Waals surface area contributed by atoms with Gasteiger partial charge in [-0.1, -0.05) is 0 Å². The number of carbonyl (C=O) groups is 1. The van der Waals surface area contributed by atoms with Crippen LogP contribution < -0.4 is 0 Å². The molecule has 0 aliphatic heterocycles. The average Bonchev–Trinajstić information content (AvgIpc) is 2.66. The van der Waals surface area contributed by atoms with Crippen molar-refractivity contribution in [2.75, 3.05) is 0 Å². The summed E-state index contributed by atoms with van der Waals surface area (Å²) < 4.78 is 14.5. The number of rotatable bonds is 3. The molecule has 82 valence electrons. The van der Waals surface area contributed by atoms with Gasteiger partial charge in [-0.3, -0.25) is 4.79 Å². The largest absolute Gasteiger partial charge is 0.303 e. The molecule has 2 rings (SSSR count). The van der Waals surface area contributed by atoms with Gasteiger partial charge in [0.25, 0.3) is 0 Å². The van der Waals surface area contributed by atoms with Gasteiger partial charge in [0.2, 0.25) is 0 Å². The SMILES string of the molecule is CC(=O)Cc1cncn1-c1ccc(F)cc1. The minimum absolute atomic E-state index is 0.0730. The first-order valence-corrected chi connectivity index (χ1v) is 4.93. The van der Waals surface area contributed by atoms with Gasteiger partial charge in [-0.2, -0.15) is 0 Å². The maximum atomic E-state index is 12.8. The highest BCUT2D eigenvalue weighted by Gasteiger charge is 2.06. The quantitative estimate of drug-likeness (QED) is 0.791. The molecule has 0 saturated heterocycles. The van der Waals surface area contributed by atoms with Crippen molar-refractivity contribution in [3.05, 3.63) is 48.3 Å². The fraction of sp³-hybridized carbons (Fsp3) is 0.167. The van der Waals surface area contributed by atoms with Crippen LogP contribution in [0, 0.1) is 5.82 Å². The van der Waals surface area contributed by atoms with Crippen molar-refractivity contribution in [1.82, 2.24) is 9.55 Å². The summed E-state index contributed by atoms with van der Waals surface area (Å²) in [7, 11) is 0. The lowest BCUT2D eigenvalue weighted by Crippen LogP contribution is -2.03. The lowest BCUT2D eigenvalue weighted by molar-refractivity contribution is -0.116. The molecule has 2 aromatic rings. The van der Waals surface area contributed by atoms with Gasteiger partial charge < -0.3 is 4.57 Å². The molecule has 0 spiro atoms. The van der Waals surface area contributed by atoms with E-state index in [2.05, 4.69) is 4.98 Å². The molecule has 16 heavy (non-hydrogen) atoms. The van der Waals surface area contributed by atoms with Crippen LogP contribution in [0.25, 0.3) is 5.69 Å². The summed E-state index contributed by atoms with van der Waals surface area (Å²) in [5.41, 5.74) is 1.61. The third-order valence-corrected chi connectivity index (χ3v) is 2.25. The summed E-state index contributed by atoms with van der Waals surface area (Å²) in [5.74, 6) is -0.208. The number of ketones is 1. The Labute approximate surface area is 92.5 Å². The monoisotopic (exact) mass is 218 g/mol. The van der Waals surface area contributed by atoms with E-state index in [-0.39, 0.29) is 11.6 Å². The van der Waals surface area contributed by atoms with E-state index in [4.69, 9.17) is 0 Å². The molecule has 1 aromatic carbocycles. The molecule has 0 fully saturated rings. The predicted molar refractivity (Wildman–Crippen MR) is 57.9 cm³/mol. The van der Waals surface area contributed by atoms with Crippen LogP contribution in [-0.2, 0) is 11.2 Å². The molecule has 0 aliphatic rings. The van der Waals surface area contributed by atoms with Crippen molar-refractivity contribution in [3.63, 3.8) is 0 Å². The smallest absolute Gasteiger partial charge is 0.135 e. The Kier molecular flexibility index (Phi) is 2.81. The van der Waals surface area contributed by atoms with Crippen LogP contribution in [0.1, 0.15) is 12.6 Å². The molecule has 0 aliphatic carbocycles. The molecule has 0 unspecified atom stereocenters. The highest BCUT2D eigenvalue weighted by molar-refractivity contribution is 5.77. The second-order valence-corrected chi connectivity index (χ2v) is 3.61. The van der Waals surface area contributed by atoms with Crippen LogP contribution in [0.4, 0.5) is 4.39 Å². The van der Waals surface area contributed by atoms with Gasteiger partial charge >= 0.3 is 0 Å². The number of carbonyl (C=O) groups excluding carboxylic acids is 1. The fourth-order valence-electron chi connectivity index (χ4n) is 1.54. The lowest BCUT2D eigenvalue weighted by Gasteiger charge is -2.06. The highest BCUT2D eigenvalue weighted by atomic mass is 19.1. The first-order chi connectivity index (χ1) is 7.66. The zero-order valence-electron chi connectivity index (χ0n) is 8.85. The van der Waals surface area contributed by atoms with Gasteiger partial charge in [0.1, 0.15) is 11.6 Å². The normalized spacial score (nSPS) is 10.4.